The van der Waals surface area contributed by atoms with E-state index in [-0.39, 0.29) is 0 Å². The first-order valence-electron chi connectivity index (χ1n) is 3.64. The van der Waals surface area contributed by atoms with Crippen LogP contribution in [0, 0.1) is 10.5 Å². The molecule has 0 aliphatic heterocycles. The first-order valence-corrected chi connectivity index (χ1v) is 4.72. The second-order valence-corrected chi connectivity index (χ2v) is 3.80. The van der Waals surface area contributed by atoms with Gasteiger partial charge in [0.2, 0.25) is 0 Å². The first-order chi connectivity index (χ1) is 5.77. The third-order valence-corrected chi connectivity index (χ3v) is 2.65. The fourth-order valence-corrected chi connectivity index (χ4v) is 1.69. The number of rotatable bonds is 0. The average Bonchev–Trinajstić information content (AvgIpc) is 2.04. The fraction of sp³-hybridized carbons (Fsp3) is 0.111. The highest BCUT2D eigenvalue weighted by Crippen LogP contribution is 2.17. The molecule has 2 heterocycles. The van der Waals surface area contributed by atoms with Crippen molar-refractivity contribution in [3.63, 3.8) is 0 Å². The minimum absolute atomic E-state index is 1.01. The minimum Gasteiger partial charge on any atom is -0.261 e. The molecule has 0 unspecified atom stereocenters. The van der Waals surface area contributed by atoms with Crippen LogP contribution in [-0.2, 0) is 0 Å². The summed E-state index contributed by atoms with van der Waals surface area (Å²) in [5.74, 6) is 0. The van der Waals surface area contributed by atoms with Crippen molar-refractivity contribution in [3.8, 4) is 0 Å². The highest BCUT2D eigenvalue weighted by Gasteiger charge is 1.98. The van der Waals surface area contributed by atoms with Gasteiger partial charge in [-0.1, -0.05) is 0 Å². The second kappa shape index (κ2) is 2.97. The van der Waals surface area contributed by atoms with Gasteiger partial charge in [-0.05, 0) is 41.6 Å². The molecule has 0 bridgehead atoms. The molecule has 0 atom stereocenters. The zero-order valence-electron chi connectivity index (χ0n) is 6.58. The maximum absolute atomic E-state index is 4.26. The van der Waals surface area contributed by atoms with Gasteiger partial charge in [-0.15, -0.1) is 0 Å². The van der Waals surface area contributed by atoms with Gasteiger partial charge in [0.05, 0.1) is 5.52 Å². The van der Waals surface area contributed by atoms with Crippen molar-refractivity contribution < 1.29 is 0 Å². The summed E-state index contributed by atoms with van der Waals surface area (Å²) in [6.45, 7) is 1.97. The topological polar surface area (TPSA) is 25.8 Å². The van der Waals surface area contributed by atoms with Gasteiger partial charge < -0.3 is 0 Å². The molecule has 0 saturated heterocycles. The summed E-state index contributed by atoms with van der Waals surface area (Å²) in [7, 11) is 0. The molecule has 0 saturated carbocycles. The lowest BCUT2D eigenvalue weighted by Gasteiger charge is -1.98. The molecule has 12 heavy (non-hydrogen) atoms. The van der Waals surface area contributed by atoms with Crippen molar-refractivity contribution in [1.29, 1.82) is 0 Å². The summed E-state index contributed by atoms with van der Waals surface area (Å²) in [5, 5.41) is 1.13. The average molecular weight is 270 g/mol. The van der Waals surface area contributed by atoms with Crippen LogP contribution in [0.5, 0.6) is 0 Å². The number of hydrogen-bond donors (Lipinski definition) is 0. The summed E-state index contributed by atoms with van der Waals surface area (Å²) in [6.07, 6.45) is 3.70. The van der Waals surface area contributed by atoms with E-state index in [1.807, 2.05) is 31.5 Å². The van der Waals surface area contributed by atoms with E-state index < -0.39 is 0 Å². The number of hydrogen-bond acceptors (Lipinski definition) is 2. The standard InChI is InChI=1S/C9H7IN2/c1-6-4-9-7(5-12-6)8(10)2-3-11-9/h2-5H,1H3. The Morgan fingerprint density at radius 2 is 2.17 bits per heavy atom. The molecule has 2 aromatic rings. The van der Waals surface area contributed by atoms with Gasteiger partial charge in [-0.3, -0.25) is 9.97 Å². The normalized spacial score (nSPS) is 10.5. The molecule has 0 amide bonds. The van der Waals surface area contributed by atoms with E-state index in [0.717, 1.165) is 16.6 Å². The molecule has 2 nitrogen and oxygen atoms in total. The van der Waals surface area contributed by atoms with Crippen LogP contribution in [0.25, 0.3) is 10.9 Å². The minimum atomic E-state index is 1.01. The highest BCUT2D eigenvalue weighted by molar-refractivity contribution is 14.1. The lowest BCUT2D eigenvalue weighted by Crippen LogP contribution is -1.86. The lowest BCUT2D eigenvalue weighted by molar-refractivity contribution is 1.21. The van der Waals surface area contributed by atoms with Crippen LogP contribution in [0.1, 0.15) is 5.69 Å². The number of aryl methyl sites for hydroxylation is 1. The van der Waals surface area contributed by atoms with Gasteiger partial charge in [0.15, 0.2) is 0 Å². The summed E-state index contributed by atoms with van der Waals surface area (Å²) < 4.78 is 1.20. The molecule has 0 aliphatic rings. The van der Waals surface area contributed by atoms with Gasteiger partial charge in [0.1, 0.15) is 0 Å². The maximum atomic E-state index is 4.26. The summed E-state index contributed by atoms with van der Waals surface area (Å²) in [4.78, 5) is 8.48. The molecule has 0 spiro atoms. The molecule has 0 aromatic carbocycles. The zero-order chi connectivity index (χ0) is 8.55. The van der Waals surface area contributed by atoms with Crippen molar-refractivity contribution in [2.75, 3.05) is 0 Å². The SMILES string of the molecule is Cc1cc2nccc(I)c2cn1. The van der Waals surface area contributed by atoms with Gasteiger partial charge in [0.25, 0.3) is 0 Å². The van der Waals surface area contributed by atoms with Crippen LogP contribution >= 0.6 is 22.6 Å². The molecule has 2 rings (SSSR count). The Kier molecular flexibility index (Phi) is 1.96. The van der Waals surface area contributed by atoms with Gasteiger partial charge in [-0.2, -0.15) is 0 Å². The predicted molar refractivity (Wildman–Crippen MR) is 57.0 cm³/mol. The Bertz CT molecular complexity index is 426. The third-order valence-electron chi connectivity index (χ3n) is 1.71. The van der Waals surface area contributed by atoms with Gasteiger partial charge >= 0.3 is 0 Å². The molecule has 0 fully saturated rings. The number of aromatic nitrogens is 2. The van der Waals surface area contributed by atoms with Crippen molar-refractivity contribution >= 4 is 33.5 Å². The number of nitrogens with zero attached hydrogens (tertiary/aromatic N) is 2. The number of fused-ring (bicyclic) bond motifs is 1. The van der Waals surface area contributed by atoms with Crippen molar-refractivity contribution in [2.45, 2.75) is 6.92 Å². The first kappa shape index (κ1) is 7.91. The van der Waals surface area contributed by atoms with E-state index in [1.54, 1.807) is 0 Å². The van der Waals surface area contributed by atoms with E-state index in [0.29, 0.717) is 0 Å². The summed E-state index contributed by atoms with van der Waals surface area (Å²) >= 11 is 2.29. The number of pyridine rings is 2. The maximum Gasteiger partial charge on any atom is 0.0746 e. The van der Waals surface area contributed by atoms with Crippen LogP contribution in [0.4, 0.5) is 0 Å². The Morgan fingerprint density at radius 1 is 1.33 bits per heavy atom. The molecule has 60 valence electrons. The second-order valence-electron chi connectivity index (χ2n) is 2.64. The van der Waals surface area contributed by atoms with Gasteiger partial charge in [-0.25, -0.2) is 0 Å². The van der Waals surface area contributed by atoms with E-state index in [1.165, 1.54) is 3.57 Å². The summed E-state index contributed by atoms with van der Waals surface area (Å²) in [5.41, 5.74) is 2.03. The summed E-state index contributed by atoms with van der Waals surface area (Å²) in [6, 6.07) is 3.98. The quantitative estimate of drug-likeness (QED) is 0.687. The van der Waals surface area contributed by atoms with E-state index in [9.17, 15) is 0 Å². The molecular weight excluding hydrogens is 263 g/mol. The third kappa shape index (κ3) is 1.29. The fourth-order valence-electron chi connectivity index (χ4n) is 1.11. The van der Waals surface area contributed by atoms with Gasteiger partial charge in [0, 0.05) is 27.0 Å². The van der Waals surface area contributed by atoms with E-state index in [2.05, 4.69) is 32.6 Å². The Labute approximate surface area is 84.2 Å². The van der Waals surface area contributed by atoms with Crippen molar-refractivity contribution in [1.82, 2.24) is 9.97 Å². The van der Waals surface area contributed by atoms with Crippen molar-refractivity contribution in [3.05, 3.63) is 33.8 Å². The number of halogens is 1. The largest absolute Gasteiger partial charge is 0.261 e. The molecule has 3 heteroatoms. The Morgan fingerprint density at radius 3 is 3.00 bits per heavy atom. The van der Waals surface area contributed by atoms with Crippen LogP contribution < -0.4 is 0 Å². The monoisotopic (exact) mass is 270 g/mol. The van der Waals surface area contributed by atoms with Crippen LogP contribution in [0.15, 0.2) is 24.5 Å². The van der Waals surface area contributed by atoms with Crippen LogP contribution in [0.2, 0.25) is 0 Å². The smallest absolute Gasteiger partial charge is 0.0746 e. The molecule has 2 aromatic heterocycles. The predicted octanol–water partition coefficient (Wildman–Crippen LogP) is 2.54. The van der Waals surface area contributed by atoms with E-state index >= 15 is 0 Å². The lowest BCUT2D eigenvalue weighted by atomic mass is 10.2. The molecule has 0 aliphatic carbocycles. The van der Waals surface area contributed by atoms with Crippen LogP contribution in [-0.4, -0.2) is 9.97 Å². The molecular formula is C9H7IN2. The van der Waals surface area contributed by atoms with E-state index in [4.69, 9.17) is 0 Å². The van der Waals surface area contributed by atoms with Crippen molar-refractivity contribution in [2.24, 2.45) is 0 Å². The molecule has 0 radical (unpaired) electrons. The van der Waals surface area contributed by atoms with Crippen LogP contribution in [0.3, 0.4) is 0 Å². The highest BCUT2D eigenvalue weighted by atomic mass is 127. The Hall–Kier alpha value is -0.710. The molecule has 0 N–H and O–H groups in total. The Balaban J connectivity index is 2.86. The zero-order valence-corrected chi connectivity index (χ0v) is 8.74.